The van der Waals surface area contributed by atoms with E-state index in [-0.39, 0.29) is 11.3 Å². The number of thiophene rings is 1. The quantitative estimate of drug-likeness (QED) is 0.792. The van der Waals surface area contributed by atoms with E-state index in [1.54, 1.807) is 6.92 Å². The second-order valence-electron chi connectivity index (χ2n) is 5.07. The van der Waals surface area contributed by atoms with Crippen LogP contribution in [0.4, 0.5) is 10.7 Å². The largest absolute Gasteiger partial charge is 0.397 e. The van der Waals surface area contributed by atoms with Crippen molar-refractivity contribution in [2.24, 2.45) is 5.92 Å². The zero-order chi connectivity index (χ0) is 11.9. The number of hydrogen-bond donors (Lipinski definition) is 2. The average molecular weight is 238 g/mol. The third-order valence-electron chi connectivity index (χ3n) is 3.12. The second kappa shape index (κ2) is 3.77. The van der Waals surface area contributed by atoms with E-state index >= 15 is 0 Å². The Morgan fingerprint density at radius 1 is 1.56 bits per heavy atom. The maximum absolute atomic E-state index is 11.3. The van der Waals surface area contributed by atoms with Gasteiger partial charge in [-0.1, -0.05) is 0 Å². The molecule has 0 saturated heterocycles. The third-order valence-corrected chi connectivity index (χ3v) is 4.29. The molecule has 0 radical (unpaired) electrons. The molecule has 88 valence electrons. The maximum atomic E-state index is 11.3. The Kier molecular flexibility index (Phi) is 2.70. The summed E-state index contributed by atoms with van der Waals surface area (Å²) in [7, 11) is 0. The summed E-state index contributed by atoms with van der Waals surface area (Å²) < 4.78 is 0. The van der Waals surface area contributed by atoms with E-state index in [9.17, 15) is 4.79 Å². The minimum Gasteiger partial charge on any atom is -0.397 e. The normalized spacial score (nSPS) is 16.2. The van der Waals surface area contributed by atoms with Crippen LogP contribution in [-0.4, -0.2) is 11.3 Å². The van der Waals surface area contributed by atoms with E-state index in [0.29, 0.717) is 10.6 Å². The number of carbonyl (C=O) groups excluding carboxylic acids is 1. The highest BCUT2D eigenvalue weighted by atomic mass is 32.1. The Balaban J connectivity index is 2.15. The van der Waals surface area contributed by atoms with E-state index in [0.717, 1.165) is 10.9 Å². The molecule has 2 rings (SSSR count). The first kappa shape index (κ1) is 11.5. The molecule has 1 aromatic rings. The van der Waals surface area contributed by atoms with Crippen LogP contribution in [0.2, 0.25) is 0 Å². The monoisotopic (exact) mass is 238 g/mol. The van der Waals surface area contributed by atoms with Crippen molar-refractivity contribution in [3.63, 3.8) is 0 Å². The molecule has 1 fully saturated rings. The molecule has 0 unspecified atom stereocenters. The van der Waals surface area contributed by atoms with E-state index in [1.807, 2.05) is 6.07 Å². The number of carbonyl (C=O) groups is 1. The van der Waals surface area contributed by atoms with Gasteiger partial charge in [-0.2, -0.15) is 0 Å². The van der Waals surface area contributed by atoms with E-state index < -0.39 is 0 Å². The Bertz CT molecular complexity index is 419. The van der Waals surface area contributed by atoms with Crippen LogP contribution >= 0.6 is 11.3 Å². The van der Waals surface area contributed by atoms with Crippen LogP contribution in [0, 0.1) is 5.92 Å². The van der Waals surface area contributed by atoms with Crippen LogP contribution in [0.5, 0.6) is 0 Å². The van der Waals surface area contributed by atoms with Gasteiger partial charge in [-0.25, -0.2) is 0 Å². The van der Waals surface area contributed by atoms with Crippen molar-refractivity contribution in [1.82, 2.24) is 0 Å². The number of rotatable bonds is 4. The third kappa shape index (κ3) is 2.21. The van der Waals surface area contributed by atoms with Crippen LogP contribution in [0.25, 0.3) is 0 Å². The highest BCUT2D eigenvalue weighted by molar-refractivity contribution is 7.18. The van der Waals surface area contributed by atoms with Gasteiger partial charge in [-0.05, 0) is 38.7 Å². The average Bonchev–Trinajstić information content (AvgIpc) is 2.91. The SMILES string of the molecule is CC(=O)c1sc(NC(C)(C)C2CC2)cc1N. The van der Waals surface area contributed by atoms with Gasteiger partial charge in [0, 0.05) is 12.5 Å². The predicted octanol–water partition coefficient (Wildman–Crippen LogP) is 3.13. The van der Waals surface area contributed by atoms with Crippen molar-refractivity contribution in [3.05, 3.63) is 10.9 Å². The summed E-state index contributed by atoms with van der Waals surface area (Å²) in [6.07, 6.45) is 2.58. The first-order valence-corrected chi connectivity index (χ1v) is 6.40. The zero-order valence-corrected chi connectivity index (χ0v) is 10.8. The number of nitrogen functional groups attached to an aromatic ring is 1. The molecule has 0 aliphatic heterocycles. The number of nitrogens with two attached hydrogens (primary N) is 1. The first-order valence-electron chi connectivity index (χ1n) is 5.58. The number of nitrogens with one attached hydrogen (secondary N) is 1. The number of ketones is 1. The van der Waals surface area contributed by atoms with Gasteiger partial charge in [-0.3, -0.25) is 4.79 Å². The fraction of sp³-hybridized carbons (Fsp3) is 0.583. The molecule has 3 N–H and O–H groups in total. The van der Waals surface area contributed by atoms with Gasteiger partial charge in [-0.15, -0.1) is 11.3 Å². The standard InChI is InChI=1S/C12H18N2OS/c1-7(15)11-9(13)6-10(16-11)14-12(2,3)8-4-5-8/h6,8,14H,4-5,13H2,1-3H3. The lowest BCUT2D eigenvalue weighted by Gasteiger charge is -2.26. The molecule has 0 amide bonds. The summed E-state index contributed by atoms with van der Waals surface area (Å²) >= 11 is 1.45. The summed E-state index contributed by atoms with van der Waals surface area (Å²) in [6, 6.07) is 1.87. The highest BCUT2D eigenvalue weighted by Gasteiger charge is 2.37. The molecule has 3 nitrogen and oxygen atoms in total. The molecule has 1 aromatic heterocycles. The van der Waals surface area contributed by atoms with Crippen molar-refractivity contribution in [3.8, 4) is 0 Å². The molecule has 0 bridgehead atoms. The summed E-state index contributed by atoms with van der Waals surface area (Å²) in [6.45, 7) is 5.96. The lowest BCUT2D eigenvalue weighted by Crippen LogP contribution is -2.32. The molecule has 1 aliphatic carbocycles. The lowest BCUT2D eigenvalue weighted by atomic mass is 9.99. The molecule has 4 heteroatoms. The minimum atomic E-state index is 0.0415. The summed E-state index contributed by atoms with van der Waals surface area (Å²) in [5, 5.41) is 4.48. The minimum absolute atomic E-state index is 0.0415. The van der Waals surface area contributed by atoms with Crippen molar-refractivity contribution in [2.75, 3.05) is 11.1 Å². The molecule has 0 atom stereocenters. The fourth-order valence-electron chi connectivity index (χ4n) is 1.97. The van der Waals surface area contributed by atoms with Gasteiger partial charge < -0.3 is 11.1 Å². The van der Waals surface area contributed by atoms with Crippen molar-refractivity contribution < 1.29 is 4.79 Å². The number of anilines is 2. The van der Waals surface area contributed by atoms with E-state index in [4.69, 9.17) is 5.73 Å². The Hall–Kier alpha value is -1.03. The van der Waals surface area contributed by atoms with Crippen LogP contribution < -0.4 is 11.1 Å². The van der Waals surface area contributed by atoms with Crippen LogP contribution in [0.15, 0.2) is 6.07 Å². The Labute approximate surface area is 100 Å². The van der Waals surface area contributed by atoms with Crippen molar-refractivity contribution in [1.29, 1.82) is 0 Å². The van der Waals surface area contributed by atoms with Crippen LogP contribution in [0.3, 0.4) is 0 Å². The molecule has 16 heavy (non-hydrogen) atoms. The molecule has 1 saturated carbocycles. The summed E-state index contributed by atoms with van der Waals surface area (Å²) in [5.74, 6) is 0.788. The van der Waals surface area contributed by atoms with Gasteiger partial charge in [0.15, 0.2) is 5.78 Å². The Morgan fingerprint density at radius 3 is 2.62 bits per heavy atom. The van der Waals surface area contributed by atoms with Gasteiger partial charge in [0.1, 0.15) is 0 Å². The summed E-state index contributed by atoms with van der Waals surface area (Å²) in [5.41, 5.74) is 6.49. The van der Waals surface area contributed by atoms with E-state index in [1.165, 1.54) is 24.2 Å². The maximum Gasteiger partial charge on any atom is 0.171 e. The molecule has 1 aliphatic rings. The fourth-order valence-corrected chi connectivity index (χ4v) is 3.01. The van der Waals surface area contributed by atoms with Crippen molar-refractivity contribution >= 4 is 27.8 Å². The van der Waals surface area contributed by atoms with Gasteiger partial charge >= 0.3 is 0 Å². The van der Waals surface area contributed by atoms with Gasteiger partial charge in [0.2, 0.25) is 0 Å². The lowest BCUT2D eigenvalue weighted by molar-refractivity contribution is 0.102. The molecular formula is C12H18N2OS. The Morgan fingerprint density at radius 2 is 2.19 bits per heavy atom. The number of Topliss-reactive ketones (excluding diaryl/α,β-unsaturated/α-hetero) is 1. The number of hydrogen-bond acceptors (Lipinski definition) is 4. The van der Waals surface area contributed by atoms with E-state index in [2.05, 4.69) is 19.2 Å². The molecule has 0 aromatic carbocycles. The van der Waals surface area contributed by atoms with Gasteiger partial charge in [0.25, 0.3) is 0 Å². The highest BCUT2D eigenvalue weighted by Crippen LogP contribution is 2.42. The molecule has 1 heterocycles. The smallest absolute Gasteiger partial charge is 0.171 e. The van der Waals surface area contributed by atoms with Crippen LogP contribution in [-0.2, 0) is 0 Å². The zero-order valence-electron chi connectivity index (χ0n) is 9.96. The van der Waals surface area contributed by atoms with Gasteiger partial charge in [0.05, 0.1) is 15.6 Å². The topological polar surface area (TPSA) is 55.1 Å². The second-order valence-corrected chi connectivity index (χ2v) is 6.12. The van der Waals surface area contributed by atoms with Crippen LogP contribution in [0.1, 0.15) is 43.3 Å². The van der Waals surface area contributed by atoms with Crippen molar-refractivity contribution in [2.45, 2.75) is 39.2 Å². The first-order chi connectivity index (χ1) is 7.40. The predicted molar refractivity (Wildman–Crippen MR) is 69.2 cm³/mol. The molecule has 0 spiro atoms. The molecular weight excluding hydrogens is 220 g/mol. The summed E-state index contributed by atoms with van der Waals surface area (Å²) in [4.78, 5) is 12.0.